The van der Waals surface area contributed by atoms with Crippen molar-refractivity contribution in [2.75, 3.05) is 0 Å². The van der Waals surface area contributed by atoms with Gasteiger partial charge in [0.2, 0.25) is 5.82 Å². The van der Waals surface area contributed by atoms with Gasteiger partial charge in [-0.3, -0.25) is 0 Å². The number of para-hydroxylation sites is 1. The van der Waals surface area contributed by atoms with Gasteiger partial charge in [-0.05, 0) is 12.1 Å². The molecule has 1 N–H and O–H groups in total. The maximum absolute atomic E-state index is 14.5. The van der Waals surface area contributed by atoms with E-state index in [-0.39, 0.29) is 17.3 Å². The van der Waals surface area contributed by atoms with Crippen LogP contribution in [0.1, 0.15) is 5.56 Å². The highest BCUT2D eigenvalue weighted by molar-refractivity contribution is 5.76. The van der Waals surface area contributed by atoms with Gasteiger partial charge in [-0.15, -0.1) is 5.10 Å². The summed E-state index contributed by atoms with van der Waals surface area (Å²) in [7, 11) is 0. The summed E-state index contributed by atoms with van der Waals surface area (Å²) < 4.78 is 21.4. The van der Waals surface area contributed by atoms with Gasteiger partial charge in [0.1, 0.15) is 23.0 Å². The summed E-state index contributed by atoms with van der Waals surface area (Å²) in [5.41, 5.74) is 3.16. The summed E-state index contributed by atoms with van der Waals surface area (Å²) in [5.74, 6) is 0.0344. The van der Waals surface area contributed by atoms with E-state index in [1.165, 1.54) is 10.7 Å². The van der Waals surface area contributed by atoms with E-state index in [9.17, 15) is 9.50 Å². The molecule has 0 saturated heterocycles. The van der Waals surface area contributed by atoms with Crippen molar-refractivity contribution in [3.63, 3.8) is 0 Å². The Hall–Kier alpha value is -4.59. The minimum atomic E-state index is -0.432. The molecule has 8 heteroatoms. The van der Waals surface area contributed by atoms with Crippen LogP contribution < -0.4 is 0 Å². The quantitative estimate of drug-likeness (QED) is 0.383. The molecule has 5 rings (SSSR count). The highest BCUT2D eigenvalue weighted by atomic mass is 19.1. The van der Waals surface area contributed by atoms with Crippen LogP contribution in [-0.4, -0.2) is 30.2 Å². The Labute approximate surface area is 182 Å². The van der Waals surface area contributed by atoms with E-state index >= 15 is 0 Å². The van der Waals surface area contributed by atoms with Gasteiger partial charge < -0.3 is 9.63 Å². The van der Waals surface area contributed by atoms with Crippen LogP contribution in [0.4, 0.5) is 4.39 Å². The molecule has 0 radical (unpaired) electrons. The van der Waals surface area contributed by atoms with Gasteiger partial charge in [0, 0.05) is 16.7 Å². The van der Waals surface area contributed by atoms with Gasteiger partial charge in [-0.25, -0.2) is 9.07 Å². The topological polar surface area (TPSA) is 89.9 Å². The Morgan fingerprint density at radius 1 is 0.906 bits per heavy atom. The number of rotatable bonds is 5. The Morgan fingerprint density at radius 3 is 2.34 bits per heavy atom. The first-order valence-corrected chi connectivity index (χ1v) is 9.70. The lowest BCUT2D eigenvalue weighted by molar-refractivity contribution is 0.431. The van der Waals surface area contributed by atoms with Crippen LogP contribution in [0.2, 0.25) is 0 Å². The van der Waals surface area contributed by atoms with Crippen LogP contribution in [0.15, 0.2) is 90.0 Å². The highest BCUT2D eigenvalue weighted by Gasteiger charge is 2.24. The number of aromatic nitrogens is 5. The molecule has 0 fully saturated rings. The summed E-state index contributed by atoms with van der Waals surface area (Å²) in [6, 6.07) is 22.6. The zero-order chi connectivity index (χ0) is 22.1. The van der Waals surface area contributed by atoms with Crippen molar-refractivity contribution in [3.05, 3.63) is 96.8 Å². The van der Waals surface area contributed by atoms with Crippen molar-refractivity contribution < 1.29 is 14.0 Å². The van der Waals surface area contributed by atoms with Crippen LogP contribution in [0.5, 0.6) is 0 Å². The average molecular weight is 425 g/mol. The molecule has 156 valence electrons. The molecule has 2 aromatic heterocycles. The molecule has 7 nitrogen and oxygen atoms in total. The summed E-state index contributed by atoms with van der Waals surface area (Å²) in [4.78, 5) is 4.47. The standard InChI is InChI=1S/C24H16FN5O2/c1-15(31)16-11-13-18(14-12-16)23-26-24(32-28-23)21-22(17-7-3-2-4-8-17)30(29-27-21)20-10-6-5-9-19(20)25/h2-14,31H,1H2. The second-order valence-electron chi connectivity index (χ2n) is 6.96. The van der Waals surface area contributed by atoms with Crippen LogP contribution in [0.3, 0.4) is 0 Å². The van der Waals surface area contributed by atoms with E-state index in [0.717, 1.165) is 5.56 Å². The Balaban J connectivity index is 1.62. The highest BCUT2D eigenvalue weighted by Crippen LogP contribution is 2.33. The van der Waals surface area contributed by atoms with Gasteiger partial charge >= 0.3 is 0 Å². The zero-order valence-corrected chi connectivity index (χ0v) is 16.7. The fraction of sp³-hybridized carbons (Fsp3) is 0. The van der Waals surface area contributed by atoms with Crippen molar-refractivity contribution >= 4 is 5.76 Å². The fourth-order valence-electron chi connectivity index (χ4n) is 3.32. The first-order chi connectivity index (χ1) is 15.6. The van der Waals surface area contributed by atoms with Crippen molar-refractivity contribution in [1.29, 1.82) is 0 Å². The number of benzene rings is 3. The smallest absolute Gasteiger partial charge is 0.281 e. The molecular formula is C24H16FN5O2. The number of hydrogen-bond acceptors (Lipinski definition) is 6. The van der Waals surface area contributed by atoms with E-state index in [2.05, 4.69) is 27.0 Å². The Morgan fingerprint density at radius 2 is 1.62 bits per heavy atom. The molecule has 0 aliphatic carbocycles. The van der Waals surface area contributed by atoms with E-state index < -0.39 is 5.82 Å². The third-order valence-corrected chi connectivity index (χ3v) is 4.90. The Bertz CT molecular complexity index is 1410. The van der Waals surface area contributed by atoms with Gasteiger partial charge in [0.15, 0.2) is 5.69 Å². The van der Waals surface area contributed by atoms with Crippen molar-refractivity contribution in [1.82, 2.24) is 25.1 Å². The maximum atomic E-state index is 14.5. The molecular weight excluding hydrogens is 409 g/mol. The minimum absolute atomic E-state index is 0.0254. The number of aliphatic hydroxyl groups excluding tert-OH is 1. The van der Waals surface area contributed by atoms with Crippen LogP contribution in [0.25, 0.3) is 45.7 Å². The molecule has 0 aliphatic rings. The van der Waals surface area contributed by atoms with Crippen LogP contribution in [0, 0.1) is 5.82 Å². The summed E-state index contributed by atoms with van der Waals surface area (Å²) in [6.07, 6.45) is 0. The zero-order valence-electron chi connectivity index (χ0n) is 16.7. The van der Waals surface area contributed by atoms with Crippen molar-refractivity contribution in [3.8, 4) is 39.9 Å². The molecule has 32 heavy (non-hydrogen) atoms. The summed E-state index contributed by atoms with van der Waals surface area (Å²) in [5, 5.41) is 22.0. The van der Waals surface area contributed by atoms with E-state index in [1.807, 2.05) is 30.3 Å². The van der Waals surface area contributed by atoms with Gasteiger partial charge in [0.05, 0.1) is 0 Å². The van der Waals surface area contributed by atoms with Crippen LogP contribution >= 0.6 is 0 Å². The molecule has 5 aromatic rings. The third kappa shape index (κ3) is 3.43. The SMILES string of the molecule is C=C(O)c1ccc(-c2noc(-c3nnn(-c4ccccc4F)c3-c3ccccc3)n2)cc1. The molecule has 0 spiro atoms. The lowest BCUT2D eigenvalue weighted by atomic mass is 10.1. The number of nitrogens with zero attached hydrogens (tertiary/aromatic N) is 5. The van der Waals surface area contributed by atoms with Gasteiger partial charge in [-0.1, -0.05) is 83.7 Å². The number of halogens is 1. The molecule has 0 aliphatic heterocycles. The molecule has 0 atom stereocenters. The van der Waals surface area contributed by atoms with Crippen molar-refractivity contribution in [2.45, 2.75) is 0 Å². The predicted molar refractivity (Wildman–Crippen MR) is 117 cm³/mol. The van der Waals surface area contributed by atoms with Gasteiger partial charge in [0.25, 0.3) is 5.89 Å². The first kappa shape index (κ1) is 19.4. The van der Waals surface area contributed by atoms with Gasteiger partial charge in [-0.2, -0.15) is 4.98 Å². The van der Waals surface area contributed by atoms with E-state index in [1.54, 1.807) is 42.5 Å². The van der Waals surface area contributed by atoms with E-state index in [4.69, 9.17) is 4.52 Å². The summed E-state index contributed by atoms with van der Waals surface area (Å²) in [6.45, 7) is 3.51. The number of aliphatic hydroxyl groups is 1. The predicted octanol–water partition coefficient (Wildman–Crippen LogP) is 5.32. The van der Waals surface area contributed by atoms with Crippen LogP contribution in [-0.2, 0) is 0 Å². The number of hydrogen-bond donors (Lipinski definition) is 1. The molecule has 0 amide bonds. The second kappa shape index (κ2) is 7.92. The second-order valence-corrected chi connectivity index (χ2v) is 6.96. The molecule has 0 unspecified atom stereocenters. The molecule has 0 saturated carbocycles. The molecule has 3 aromatic carbocycles. The molecule has 2 heterocycles. The maximum Gasteiger partial charge on any atom is 0.281 e. The average Bonchev–Trinajstić information content (AvgIpc) is 3.47. The van der Waals surface area contributed by atoms with E-state index in [0.29, 0.717) is 28.3 Å². The first-order valence-electron chi connectivity index (χ1n) is 9.70. The molecule has 0 bridgehead atoms. The fourth-order valence-corrected chi connectivity index (χ4v) is 3.32. The van der Waals surface area contributed by atoms with Crippen molar-refractivity contribution in [2.24, 2.45) is 0 Å². The monoisotopic (exact) mass is 425 g/mol. The summed E-state index contributed by atoms with van der Waals surface area (Å²) >= 11 is 0. The third-order valence-electron chi connectivity index (χ3n) is 4.90. The largest absolute Gasteiger partial charge is 0.508 e. The Kier molecular flexibility index (Phi) is 4.79. The lowest BCUT2D eigenvalue weighted by Gasteiger charge is -2.08. The lowest BCUT2D eigenvalue weighted by Crippen LogP contribution is -2.02. The normalized spacial score (nSPS) is 10.9. The minimum Gasteiger partial charge on any atom is -0.508 e.